The summed E-state index contributed by atoms with van der Waals surface area (Å²) in [6.07, 6.45) is 10.6. The van der Waals surface area contributed by atoms with Crippen LogP contribution in [0.3, 0.4) is 0 Å². The van der Waals surface area contributed by atoms with E-state index in [9.17, 15) is 70.0 Å². The van der Waals surface area contributed by atoms with E-state index in [4.69, 9.17) is 76.6 Å². The molecule has 16 rings (SSSR count). The van der Waals surface area contributed by atoms with Gasteiger partial charge in [-0.1, -0.05) is 105 Å². The van der Waals surface area contributed by atoms with Crippen LogP contribution in [0.4, 0.5) is 24.0 Å². The standard InChI is InChI=1S/C17H18N4O4.C14H16ClN3O3.2C10H12N4O7S.C10H12N4O4.C3H3NO.CH4/c18-16(22)15-8-13(19-25-15)14-7-6-12-9-20(14)17(23)21(12)24-10-11-4-2-1-3-5-11;15-13(16-20)12-7-6-11-8-17(12)14(19)18(11)21-9-10-4-2-1-3-5-10;2*11-9(15)8-3-6(12-20-8)7-2-1-5-4-13(7)10(16)14(5)21-22(17,18)19;11-9(15)8-3-6(12-18-8)7-2-1-5-4-13(7)10(16)14(5)17;1-2-3(4)5;/h1-5,8,12,14H,6-7,9-10H2,(H2,18,22);1-5,11-12,20H,6-9H2;2*3,5,7H,1-2,4H2,(H2,11,15)(H,17,18,19);3,5,7,17H,1-2,4H2,(H2,11,15);1H,(H2,4,5);1H4/b;16-13-;;;;;/t12-,14+;11-,12+;3*5-,7+;;/m11111../s1. The van der Waals surface area contributed by atoms with Crippen LogP contribution in [-0.4, -0.2) is 241 Å². The molecule has 15 amide bonds. The lowest BCUT2D eigenvalue weighted by Gasteiger charge is -2.28. The van der Waals surface area contributed by atoms with Crippen LogP contribution in [0.5, 0.6) is 0 Å². The van der Waals surface area contributed by atoms with Gasteiger partial charge in [-0.05, 0) is 81.3 Å². The van der Waals surface area contributed by atoms with E-state index >= 15 is 0 Å². The fraction of sp³-hybridized carbons (Fsp3) is 0.431. The SMILES string of the molecule is C.C#CC(N)=O.NC(=O)c1cc([C@@H]2CC[C@@H]3CN2C(=O)N3O)no1.NC(=O)c1cc([C@@H]2CC[C@@H]3CN2C(=O)N3OCc2ccccc2)no1.NC(=O)c1cc([C@@H]2CC[C@@H]3CN2C(=O)N3OS(=O)(=O)O)no1.NC(=O)c1cc([C@@H]2CC[C@@H]3CN2C(=O)N3OS(=O)(=O)O)no1.O=C1N2C[C@@H](CC[C@H]2/C(Cl)=N/O)N1OCc1ccccc1. The number of terminal acetylenes is 1. The third-order valence-electron chi connectivity index (χ3n) is 19.4. The van der Waals surface area contributed by atoms with Gasteiger partial charge in [-0.3, -0.25) is 48.0 Å². The van der Waals surface area contributed by atoms with Crippen molar-refractivity contribution in [2.24, 2.45) is 33.8 Å². The Morgan fingerprint density at radius 1 is 0.474 bits per heavy atom. The predicted molar refractivity (Wildman–Crippen MR) is 379 cm³/mol. The molecule has 14 heterocycles. The average Bonchev–Trinajstić information content (AvgIpc) is 1.64. The summed E-state index contributed by atoms with van der Waals surface area (Å²) in [5, 5.41) is 41.4. The second-order valence-electron chi connectivity index (χ2n) is 26.4. The molecule has 612 valence electrons. The van der Waals surface area contributed by atoms with Gasteiger partial charge in [-0.25, -0.2) is 29.0 Å². The van der Waals surface area contributed by atoms with E-state index in [1.807, 2.05) is 60.7 Å². The first-order chi connectivity index (χ1) is 53.7. The zero-order chi connectivity index (χ0) is 81.5. The smallest absolute Gasteiger partial charge is 0.410 e. The third kappa shape index (κ3) is 19.3. The monoisotopic (exact) mass is 1650 g/mol. The second-order valence-corrected chi connectivity index (χ2v) is 28.8. The van der Waals surface area contributed by atoms with Crippen molar-refractivity contribution in [1.82, 2.24) is 70.4 Å². The highest BCUT2D eigenvalue weighted by atomic mass is 35.5. The molecule has 10 atom stereocenters. The molecule has 0 saturated carbocycles. The van der Waals surface area contributed by atoms with Gasteiger partial charge in [0.05, 0.1) is 60.4 Å². The summed E-state index contributed by atoms with van der Waals surface area (Å²) >= 11 is 5.87. The minimum Gasteiger partial charge on any atom is -0.410 e. The highest BCUT2D eigenvalue weighted by Crippen LogP contribution is 2.43. The molecule has 0 radical (unpaired) electrons. The molecule has 10 aliphatic heterocycles. The number of carbonyl (C=O) groups excluding carboxylic acids is 10. The van der Waals surface area contributed by atoms with Crippen molar-refractivity contribution in [3.05, 3.63) is 142 Å². The number of benzene rings is 2. The first-order valence-electron chi connectivity index (χ1n) is 34.3. The van der Waals surface area contributed by atoms with Crippen molar-refractivity contribution in [2.45, 2.75) is 145 Å². The maximum atomic E-state index is 12.7. The number of nitrogens with two attached hydrogens (primary N) is 5. The molecule has 46 nitrogen and oxygen atoms in total. The number of hydroxylamine groups is 10. The number of primary amides is 5. The van der Waals surface area contributed by atoms with Gasteiger partial charge in [0.25, 0.3) is 29.5 Å². The normalized spacial score (nSPS) is 23.7. The molecule has 0 unspecified atom stereocenters. The van der Waals surface area contributed by atoms with Crippen molar-refractivity contribution in [2.75, 3.05) is 32.7 Å². The van der Waals surface area contributed by atoms with Crippen LogP contribution in [0.2, 0.25) is 0 Å². The van der Waals surface area contributed by atoms with Gasteiger partial charge in [0, 0.05) is 57.0 Å². The van der Waals surface area contributed by atoms with Crippen molar-refractivity contribution < 1.29 is 121 Å². The number of fused-ring (bicyclic) bond motifs is 10. The molecule has 6 aromatic rings. The number of oxime groups is 1. The van der Waals surface area contributed by atoms with E-state index in [1.165, 1.54) is 49.1 Å². The van der Waals surface area contributed by atoms with Gasteiger partial charge in [0.1, 0.15) is 36.0 Å². The second kappa shape index (κ2) is 35.7. The van der Waals surface area contributed by atoms with Gasteiger partial charge in [-0.2, -0.15) is 37.1 Å². The zero-order valence-electron chi connectivity index (χ0n) is 59.0. The largest absolute Gasteiger partial charge is 0.418 e. The lowest BCUT2D eigenvalue weighted by atomic mass is 9.98. The number of urea groups is 5. The summed E-state index contributed by atoms with van der Waals surface area (Å²) in [4.78, 5) is 134. The summed E-state index contributed by atoms with van der Waals surface area (Å²) in [5.74, 6) is -2.27. The minimum absolute atomic E-state index is 0. The van der Waals surface area contributed by atoms with Crippen LogP contribution in [0.1, 0.15) is 172 Å². The molecule has 0 aliphatic carbocycles. The van der Waals surface area contributed by atoms with Crippen molar-refractivity contribution in [1.29, 1.82) is 0 Å². The topological polar surface area (TPSA) is 636 Å². The summed E-state index contributed by atoms with van der Waals surface area (Å²) in [6, 6.07) is 19.8. The van der Waals surface area contributed by atoms with Gasteiger partial charge in [-0.15, -0.1) is 15.0 Å². The molecule has 114 heavy (non-hydrogen) atoms. The summed E-state index contributed by atoms with van der Waals surface area (Å²) in [6.45, 7) is 2.68. The minimum atomic E-state index is -4.79. The Hall–Kier alpha value is -12.1. The molecule has 10 fully saturated rings. The summed E-state index contributed by atoms with van der Waals surface area (Å²) in [7, 11) is -9.57. The first-order valence-corrected chi connectivity index (χ1v) is 37.4. The van der Waals surface area contributed by atoms with Crippen LogP contribution in [0, 0.1) is 12.3 Å². The Kier molecular flexibility index (Phi) is 26.4. The molecule has 49 heteroatoms. The maximum absolute atomic E-state index is 12.7. The third-order valence-corrected chi connectivity index (χ3v) is 20.4. The van der Waals surface area contributed by atoms with Gasteiger partial charge >= 0.3 is 51.0 Å². The fourth-order valence-corrected chi connectivity index (χ4v) is 15.1. The number of carbonyl (C=O) groups is 10. The molecule has 10 bridgehead atoms. The summed E-state index contributed by atoms with van der Waals surface area (Å²) in [5.41, 5.74) is 28.6. The molecule has 4 aromatic heterocycles. The number of rotatable bonds is 19. The molecule has 2 aromatic carbocycles. The predicted octanol–water partition coefficient (Wildman–Crippen LogP) is 3.00. The van der Waals surface area contributed by atoms with Gasteiger partial charge in [0.2, 0.25) is 23.0 Å². The highest BCUT2D eigenvalue weighted by molar-refractivity contribution is 7.81. The van der Waals surface area contributed by atoms with Gasteiger partial charge in [0.15, 0.2) is 5.17 Å². The first kappa shape index (κ1) is 84.4. The van der Waals surface area contributed by atoms with E-state index in [0.717, 1.165) is 35.5 Å². The number of amides is 15. The fourth-order valence-electron chi connectivity index (χ4n) is 14.1. The Morgan fingerprint density at radius 2 is 0.754 bits per heavy atom. The van der Waals surface area contributed by atoms with Crippen molar-refractivity contribution in [3.8, 4) is 12.3 Å². The van der Waals surface area contributed by atoms with Crippen molar-refractivity contribution >= 4 is 97.3 Å². The van der Waals surface area contributed by atoms with E-state index in [2.05, 4.69) is 46.5 Å². The highest BCUT2D eigenvalue weighted by Gasteiger charge is 2.53. The number of nitrogens with zero attached hydrogens (tertiary/aromatic N) is 15. The van der Waals surface area contributed by atoms with E-state index in [1.54, 1.807) is 15.7 Å². The lowest BCUT2D eigenvalue weighted by Crippen LogP contribution is -2.43. The van der Waals surface area contributed by atoms with Crippen molar-refractivity contribution in [3.63, 3.8) is 0 Å². The van der Waals surface area contributed by atoms with Gasteiger partial charge < -0.3 is 76.5 Å². The van der Waals surface area contributed by atoms with E-state index in [-0.39, 0.29) is 97.0 Å². The Bertz CT molecular complexity index is 4750. The Balaban J connectivity index is 0.000000149. The molecule has 0 spiro atoms. The van der Waals surface area contributed by atoms with E-state index in [0.29, 0.717) is 111 Å². The molecule has 10 aliphatic rings. The summed E-state index contributed by atoms with van der Waals surface area (Å²) < 4.78 is 88.6. The number of hydrogen-bond donors (Lipinski definition) is 9. The molecule has 14 N–H and O–H groups in total. The number of aromatic nitrogens is 4. The van der Waals surface area contributed by atoms with E-state index < -0.39 is 92.6 Å². The zero-order valence-corrected chi connectivity index (χ0v) is 61.4. The molecule has 10 saturated heterocycles. The lowest BCUT2D eigenvalue weighted by molar-refractivity contribution is -0.140. The number of hydrogen-bond acceptors (Lipinski definition) is 29. The van der Waals surface area contributed by atoms with Crippen LogP contribution >= 0.6 is 11.6 Å². The maximum Gasteiger partial charge on any atom is 0.418 e. The Labute approximate surface area is 651 Å². The van der Waals surface area contributed by atoms with Crippen LogP contribution < -0.4 is 28.7 Å². The van der Waals surface area contributed by atoms with Crippen LogP contribution in [0.15, 0.2) is 108 Å². The van der Waals surface area contributed by atoms with Crippen LogP contribution in [-0.2, 0) is 57.0 Å². The quantitative estimate of drug-likeness (QED) is 0.0140. The average molecular weight is 1650 g/mol. The number of halogens is 1. The number of piperidine rings is 5. The van der Waals surface area contributed by atoms with Crippen LogP contribution in [0.25, 0.3) is 0 Å². The Morgan fingerprint density at radius 3 is 1.06 bits per heavy atom. The molecular weight excluding hydrogens is 1580 g/mol. The molecular formula is C65H77ClN20O26S2.